The Kier molecular flexibility index (Phi) is 6.65. The van der Waals surface area contributed by atoms with Crippen LogP contribution in [0.5, 0.6) is 5.88 Å². The number of hydrogen-bond acceptors (Lipinski definition) is 4. The zero-order valence-corrected chi connectivity index (χ0v) is 16.1. The van der Waals surface area contributed by atoms with E-state index in [1.165, 1.54) is 11.1 Å². The van der Waals surface area contributed by atoms with Crippen molar-refractivity contribution in [3.63, 3.8) is 0 Å². The van der Waals surface area contributed by atoms with Gasteiger partial charge in [-0.3, -0.25) is 4.90 Å². The number of nitrogens with zero attached hydrogens (tertiary/aromatic N) is 2. The minimum absolute atomic E-state index is 0.122. The molecule has 144 valence electrons. The average Bonchev–Trinajstić information content (AvgIpc) is 2.70. The first-order valence-corrected chi connectivity index (χ1v) is 9.44. The maximum absolute atomic E-state index is 12.2. The van der Waals surface area contributed by atoms with Crippen LogP contribution in [0.1, 0.15) is 29.5 Å². The summed E-state index contributed by atoms with van der Waals surface area (Å²) in [4.78, 5) is 18.7. The highest BCUT2D eigenvalue weighted by molar-refractivity contribution is 5.74. The SMILES string of the molecule is COc1cc(CNC(=O)NC2CCN(Cc3ccccc3C)CC2)ccn1. The summed E-state index contributed by atoms with van der Waals surface area (Å²) < 4.78 is 5.10. The fraction of sp³-hybridized carbons (Fsp3) is 0.429. The summed E-state index contributed by atoms with van der Waals surface area (Å²) in [6, 6.07) is 12.3. The van der Waals surface area contributed by atoms with Crippen LogP contribution < -0.4 is 15.4 Å². The molecule has 6 nitrogen and oxygen atoms in total. The molecule has 0 aliphatic carbocycles. The molecule has 2 N–H and O–H groups in total. The molecule has 0 atom stereocenters. The highest BCUT2D eigenvalue weighted by atomic mass is 16.5. The first kappa shape index (κ1) is 19.2. The molecule has 2 aromatic rings. The Balaban J connectivity index is 1.39. The lowest BCUT2D eigenvalue weighted by Crippen LogP contribution is -2.47. The van der Waals surface area contributed by atoms with Crippen molar-refractivity contribution in [1.29, 1.82) is 0 Å². The Bertz CT molecular complexity index is 757. The Hall–Kier alpha value is -2.60. The average molecular weight is 368 g/mol. The van der Waals surface area contributed by atoms with Crippen molar-refractivity contribution in [1.82, 2.24) is 20.5 Å². The van der Waals surface area contributed by atoms with E-state index < -0.39 is 0 Å². The van der Waals surface area contributed by atoms with E-state index >= 15 is 0 Å². The van der Waals surface area contributed by atoms with Gasteiger partial charge in [0.25, 0.3) is 0 Å². The van der Waals surface area contributed by atoms with Crippen molar-refractivity contribution < 1.29 is 9.53 Å². The number of piperidine rings is 1. The second-order valence-corrected chi connectivity index (χ2v) is 7.01. The van der Waals surface area contributed by atoms with Gasteiger partial charge in [-0.1, -0.05) is 24.3 Å². The van der Waals surface area contributed by atoms with Crippen LogP contribution in [0.25, 0.3) is 0 Å². The van der Waals surface area contributed by atoms with E-state index in [2.05, 4.69) is 51.7 Å². The van der Waals surface area contributed by atoms with Crippen molar-refractivity contribution in [2.75, 3.05) is 20.2 Å². The van der Waals surface area contributed by atoms with Crippen LogP contribution in [0.3, 0.4) is 0 Å². The smallest absolute Gasteiger partial charge is 0.315 e. The van der Waals surface area contributed by atoms with E-state index in [4.69, 9.17) is 4.74 Å². The van der Waals surface area contributed by atoms with Crippen LogP contribution in [0.15, 0.2) is 42.6 Å². The van der Waals surface area contributed by atoms with Gasteiger partial charge in [0.05, 0.1) is 7.11 Å². The number of hydrogen-bond donors (Lipinski definition) is 2. The molecule has 27 heavy (non-hydrogen) atoms. The lowest BCUT2D eigenvalue weighted by molar-refractivity contribution is 0.186. The summed E-state index contributed by atoms with van der Waals surface area (Å²) in [6.45, 7) is 5.60. The number of carbonyl (C=O) groups is 1. The number of urea groups is 1. The highest BCUT2D eigenvalue weighted by Gasteiger charge is 2.20. The summed E-state index contributed by atoms with van der Waals surface area (Å²) in [5.74, 6) is 0.552. The summed E-state index contributed by atoms with van der Waals surface area (Å²) >= 11 is 0. The van der Waals surface area contributed by atoms with Crippen molar-refractivity contribution in [3.8, 4) is 5.88 Å². The van der Waals surface area contributed by atoms with E-state index in [1.807, 2.05) is 12.1 Å². The van der Waals surface area contributed by atoms with Gasteiger partial charge in [-0.25, -0.2) is 9.78 Å². The van der Waals surface area contributed by atoms with Crippen molar-refractivity contribution in [2.24, 2.45) is 0 Å². The molecule has 0 spiro atoms. The predicted octanol–water partition coefficient (Wildman–Crippen LogP) is 2.86. The molecule has 0 saturated carbocycles. The number of likely N-dealkylation sites (tertiary alicyclic amines) is 1. The monoisotopic (exact) mass is 368 g/mol. The molecular weight excluding hydrogens is 340 g/mol. The van der Waals surface area contributed by atoms with Gasteiger partial charge in [-0.2, -0.15) is 0 Å². The van der Waals surface area contributed by atoms with E-state index in [-0.39, 0.29) is 12.1 Å². The van der Waals surface area contributed by atoms with Crippen molar-refractivity contribution in [3.05, 3.63) is 59.3 Å². The minimum atomic E-state index is -0.122. The molecule has 0 unspecified atom stereocenters. The van der Waals surface area contributed by atoms with Crippen molar-refractivity contribution in [2.45, 2.75) is 38.9 Å². The van der Waals surface area contributed by atoms with E-state index in [0.717, 1.165) is 38.0 Å². The Morgan fingerprint density at radius 2 is 2.04 bits per heavy atom. The Morgan fingerprint density at radius 3 is 2.78 bits per heavy atom. The second kappa shape index (κ2) is 9.37. The van der Waals surface area contributed by atoms with Gasteiger partial charge in [0.1, 0.15) is 0 Å². The lowest BCUT2D eigenvalue weighted by Gasteiger charge is -2.32. The van der Waals surface area contributed by atoms with Gasteiger partial charge in [0.2, 0.25) is 5.88 Å². The number of aromatic nitrogens is 1. The molecule has 3 rings (SSSR count). The molecule has 2 amide bonds. The molecule has 6 heteroatoms. The van der Waals surface area contributed by atoms with Crippen molar-refractivity contribution >= 4 is 6.03 Å². The summed E-state index contributed by atoms with van der Waals surface area (Å²) in [5, 5.41) is 6.00. The molecule has 0 bridgehead atoms. The number of methoxy groups -OCH3 is 1. The van der Waals surface area contributed by atoms with E-state index in [1.54, 1.807) is 13.3 Å². The van der Waals surface area contributed by atoms with Crippen LogP contribution in [0.4, 0.5) is 4.79 Å². The lowest BCUT2D eigenvalue weighted by atomic mass is 10.0. The molecule has 1 fully saturated rings. The maximum Gasteiger partial charge on any atom is 0.315 e. The molecule has 0 radical (unpaired) electrons. The fourth-order valence-corrected chi connectivity index (χ4v) is 3.35. The summed E-state index contributed by atoms with van der Waals surface area (Å²) in [5.41, 5.74) is 3.68. The quantitative estimate of drug-likeness (QED) is 0.823. The van der Waals surface area contributed by atoms with E-state index in [0.29, 0.717) is 12.4 Å². The van der Waals surface area contributed by atoms with Crippen LogP contribution in [0.2, 0.25) is 0 Å². The van der Waals surface area contributed by atoms with Crippen LogP contribution >= 0.6 is 0 Å². The number of ether oxygens (including phenoxy) is 1. The maximum atomic E-state index is 12.2. The molecular formula is C21H28N4O2. The summed E-state index contributed by atoms with van der Waals surface area (Å²) in [6.07, 6.45) is 3.63. The first-order chi connectivity index (χ1) is 13.1. The number of aryl methyl sites for hydroxylation is 1. The Morgan fingerprint density at radius 1 is 1.26 bits per heavy atom. The topological polar surface area (TPSA) is 66.5 Å². The highest BCUT2D eigenvalue weighted by Crippen LogP contribution is 2.16. The van der Waals surface area contributed by atoms with Gasteiger partial charge in [0, 0.05) is 44.5 Å². The van der Waals surface area contributed by atoms with Gasteiger partial charge in [-0.15, -0.1) is 0 Å². The molecule has 1 aromatic carbocycles. The van der Waals surface area contributed by atoms with Crippen LogP contribution in [0, 0.1) is 6.92 Å². The minimum Gasteiger partial charge on any atom is -0.481 e. The molecule has 1 aromatic heterocycles. The third-order valence-electron chi connectivity index (χ3n) is 5.04. The number of carbonyl (C=O) groups excluding carboxylic acids is 1. The van der Waals surface area contributed by atoms with Gasteiger partial charge < -0.3 is 15.4 Å². The van der Waals surface area contributed by atoms with E-state index in [9.17, 15) is 4.79 Å². The van der Waals surface area contributed by atoms with Crippen LogP contribution in [-0.4, -0.2) is 42.2 Å². The zero-order valence-electron chi connectivity index (χ0n) is 16.1. The molecule has 1 aliphatic heterocycles. The first-order valence-electron chi connectivity index (χ1n) is 9.44. The van der Waals surface area contributed by atoms with Crippen LogP contribution in [-0.2, 0) is 13.1 Å². The largest absolute Gasteiger partial charge is 0.481 e. The third-order valence-corrected chi connectivity index (χ3v) is 5.04. The number of amides is 2. The van der Waals surface area contributed by atoms with Gasteiger partial charge in [0.15, 0.2) is 0 Å². The fourth-order valence-electron chi connectivity index (χ4n) is 3.35. The molecule has 1 aliphatic rings. The number of rotatable bonds is 6. The summed E-state index contributed by atoms with van der Waals surface area (Å²) in [7, 11) is 1.58. The third kappa shape index (κ3) is 5.69. The molecule has 1 saturated heterocycles. The standard InChI is InChI=1S/C21H28N4O2/c1-16-5-3-4-6-18(16)15-25-11-8-19(9-12-25)24-21(26)23-14-17-7-10-22-20(13-17)27-2/h3-7,10,13,19H,8-9,11-12,14-15H2,1-2H3,(H2,23,24,26). The van der Waals surface area contributed by atoms with Gasteiger partial charge in [-0.05, 0) is 42.5 Å². The Labute approximate surface area is 160 Å². The predicted molar refractivity (Wildman–Crippen MR) is 106 cm³/mol. The normalized spacial score (nSPS) is 15.3. The number of benzene rings is 1. The van der Waals surface area contributed by atoms with Gasteiger partial charge >= 0.3 is 6.03 Å². The zero-order chi connectivity index (χ0) is 19.1. The second-order valence-electron chi connectivity index (χ2n) is 7.01. The molecule has 2 heterocycles. The number of nitrogens with one attached hydrogen (secondary N) is 2. The number of pyridine rings is 1.